The number of nitrogens with one attached hydrogen (secondary N) is 2. The molecule has 8 nitrogen and oxygen atoms in total. The molecule has 0 saturated carbocycles. The highest BCUT2D eigenvalue weighted by atomic mass is 16.2. The first-order valence-electron chi connectivity index (χ1n) is 9.24. The van der Waals surface area contributed by atoms with Gasteiger partial charge in [0.25, 0.3) is 5.56 Å². The van der Waals surface area contributed by atoms with E-state index in [1.54, 1.807) is 11.6 Å². The van der Waals surface area contributed by atoms with Crippen LogP contribution in [0.3, 0.4) is 0 Å². The van der Waals surface area contributed by atoms with Gasteiger partial charge in [-0.1, -0.05) is 49.8 Å². The maximum atomic E-state index is 12.3. The number of hydrogen-bond acceptors (Lipinski definition) is 5. The lowest BCUT2D eigenvalue weighted by Gasteiger charge is -2.07. The number of hydrogen-bond donors (Lipinski definition) is 2. The van der Waals surface area contributed by atoms with E-state index in [1.807, 2.05) is 49.4 Å². The van der Waals surface area contributed by atoms with E-state index in [-0.39, 0.29) is 0 Å². The molecule has 0 radical (unpaired) electrons. The summed E-state index contributed by atoms with van der Waals surface area (Å²) >= 11 is 0. The number of allylic oxidation sites excluding steroid dienone is 1. The second kappa shape index (κ2) is 8.51. The van der Waals surface area contributed by atoms with Gasteiger partial charge in [-0.15, -0.1) is 0 Å². The molecule has 146 valence electrons. The Hall–Kier alpha value is -3.42. The van der Waals surface area contributed by atoms with Crippen molar-refractivity contribution in [1.82, 2.24) is 19.1 Å². The zero-order chi connectivity index (χ0) is 20.1. The van der Waals surface area contributed by atoms with Crippen LogP contribution in [0.1, 0.15) is 32.3 Å². The lowest BCUT2D eigenvalue weighted by Crippen LogP contribution is -2.29. The Kier molecular flexibility index (Phi) is 5.88. The third-order valence-corrected chi connectivity index (χ3v) is 4.39. The van der Waals surface area contributed by atoms with Gasteiger partial charge in [0.2, 0.25) is 5.95 Å². The highest BCUT2D eigenvalue weighted by Crippen LogP contribution is 2.16. The number of hydrazone groups is 1. The fourth-order valence-electron chi connectivity index (χ4n) is 2.81. The maximum absolute atomic E-state index is 12.3. The molecule has 0 bridgehead atoms. The molecule has 3 rings (SSSR count). The Morgan fingerprint density at radius 1 is 1.29 bits per heavy atom. The fourth-order valence-corrected chi connectivity index (χ4v) is 2.81. The summed E-state index contributed by atoms with van der Waals surface area (Å²) in [6.07, 6.45) is 5.70. The Labute approximate surface area is 162 Å². The lowest BCUT2D eigenvalue weighted by atomic mass is 10.2. The molecule has 3 aromatic rings. The van der Waals surface area contributed by atoms with Gasteiger partial charge >= 0.3 is 5.69 Å². The summed E-state index contributed by atoms with van der Waals surface area (Å²) in [5, 5.41) is 4.35. The molecule has 0 aliphatic heterocycles. The number of imidazole rings is 1. The molecule has 2 aromatic heterocycles. The Morgan fingerprint density at radius 2 is 2.04 bits per heavy atom. The summed E-state index contributed by atoms with van der Waals surface area (Å²) < 4.78 is 3.10. The van der Waals surface area contributed by atoms with E-state index in [2.05, 4.69) is 27.4 Å². The van der Waals surface area contributed by atoms with Crippen molar-refractivity contribution in [1.29, 1.82) is 0 Å². The van der Waals surface area contributed by atoms with Crippen LogP contribution in [0, 0.1) is 0 Å². The summed E-state index contributed by atoms with van der Waals surface area (Å²) in [4.78, 5) is 31.0. The molecule has 8 heteroatoms. The minimum atomic E-state index is -0.491. The van der Waals surface area contributed by atoms with Crippen molar-refractivity contribution in [2.75, 3.05) is 5.43 Å². The molecule has 2 heterocycles. The van der Waals surface area contributed by atoms with Crippen LogP contribution in [0.4, 0.5) is 5.95 Å². The van der Waals surface area contributed by atoms with Crippen LogP contribution in [-0.4, -0.2) is 24.8 Å². The predicted molar refractivity (Wildman–Crippen MR) is 113 cm³/mol. The van der Waals surface area contributed by atoms with Gasteiger partial charge < -0.3 is 4.57 Å². The van der Waals surface area contributed by atoms with Crippen molar-refractivity contribution < 1.29 is 0 Å². The van der Waals surface area contributed by atoms with Gasteiger partial charge in [-0.25, -0.2) is 10.2 Å². The van der Waals surface area contributed by atoms with Gasteiger partial charge in [0, 0.05) is 13.6 Å². The van der Waals surface area contributed by atoms with Gasteiger partial charge in [-0.3, -0.25) is 14.3 Å². The van der Waals surface area contributed by atoms with Crippen LogP contribution in [0.15, 0.2) is 51.1 Å². The largest absolute Gasteiger partial charge is 0.329 e. The van der Waals surface area contributed by atoms with Crippen molar-refractivity contribution in [2.45, 2.75) is 33.2 Å². The zero-order valence-electron chi connectivity index (χ0n) is 16.3. The van der Waals surface area contributed by atoms with E-state index in [4.69, 9.17) is 0 Å². The zero-order valence-corrected chi connectivity index (χ0v) is 16.3. The second-order valence-electron chi connectivity index (χ2n) is 6.54. The molecular weight excluding hydrogens is 356 g/mol. The molecule has 0 saturated heterocycles. The number of aromatic amines is 1. The topological polar surface area (TPSA) is 97.1 Å². The number of aromatic nitrogens is 4. The van der Waals surface area contributed by atoms with E-state index in [9.17, 15) is 9.59 Å². The SMILES string of the molecule is CCCCn1c(NN=C(C)/C=C/c2ccccc2)nc2c1c(=O)[nH]c(=O)n2C. The molecule has 0 amide bonds. The number of aryl methyl sites for hydroxylation is 2. The number of H-pyrrole nitrogens is 1. The van der Waals surface area contributed by atoms with Gasteiger partial charge in [-0.2, -0.15) is 10.1 Å². The van der Waals surface area contributed by atoms with Crippen molar-refractivity contribution in [3.05, 3.63) is 62.8 Å². The normalized spacial score (nSPS) is 12.2. The summed E-state index contributed by atoms with van der Waals surface area (Å²) in [5.74, 6) is 0.433. The molecule has 1 aromatic carbocycles. The lowest BCUT2D eigenvalue weighted by molar-refractivity contribution is 0.647. The van der Waals surface area contributed by atoms with Gasteiger partial charge in [-0.05, 0) is 25.0 Å². The van der Waals surface area contributed by atoms with E-state index in [0.717, 1.165) is 24.1 Å². The minimum Gasteiger partial charge on any atom is -0.303 e. The average Bonchev–Trinajstić information content (AvgIpc) is 3.07. The molecule has 0 atom stereocenters. The van der Waals surface area contributed by atoms with Crippen LogP contribution >= 0.6 is 0 Å². The Bertz CT molecular complexity index is 1140. The molecule has 0 fully saturated rings. The Morgan fingerprint density at radius 3 is 2.75 bits per heavy atom. The second-order valence-corrected chi connectivity index (χ2v) is 6.54. The monoisotopic (exact) mass is 380 g/mol. The fraction of sp³-hybridized carbons (Fsp3) is 0.300. The summed E-state index contributed by atoms with van der Waals surface area (Å²) in [7, 11) is 1.58. The number of benzene rings is 1. The highest BCUT2D eigenvalue weighted by Gasteiger charge is 2.16. The quantitative estimate of drug-likeness (QED) is 0.486. The first-order chi connectivity index (χ1) is 13.5. The average molecular weight is 380 g/mol. The molecule has 0 aliphatic carbocycles. The third-order valence-electron chi connectivity index (χ3n) is 4.39. The molecule has 0 unspecified atom stereocenters. The van der Waals surface area contributed by atoms with E-state index < -0.39 is 11.2 Å². The van der Waals surface area contributed by atoms with Crippen LogP contribution in [0.2, 0.25) is 0 Å². The Balaban J connectivity index is 1.94. The van der Waals surface area contributed by atoms with Crippen molar-refractivity contribution in [3.8, 4) is 0 Å². The van der Waals surface area contributed by atoms with Crippen molar-refractivity contribution in [2.24, 2.45) is 12.1 Å². The van der Waals surface area contributed by atoms with Crippen LogP contribution < -0.4 is 16.7 Å². The van der Waals surface area contributed by atoms with E-state index >= 15 is 0 Å². The van der Waals surface area contributed by atoms with Crippen molar-refractivity contribution >= 4 is 28.9 Å². The van der Waals surface area contributed by atoms with Crippen LogP contribution in [0.25, 0.3) is 17.2 Å². The smallest absolute Gasteiger partial charge is 0.303 e. The standard InChI is InChI=1S/C20H24N6O2/c1-4-5-13-26-16-17(25(3)20(28)22-18(16)27)21-19(26)24-23-14(2)11-12-15-9-7-6-8-10-15/h6-12H,4-5,13H2,1-3H3,(H,21,24)(H,22,27,28)/b12-11+,23-14?. The number of nitrogens with zero attached hydrogens (tertiary/aromatic N) is 4. The molecule has 28 heavy (non-hydrogen) atoms. The van der Waals surface area contributed by atoms with Gasteiger partial charge in [0.1, 0.15) is 0 Å². The number of rotatable bonds is 7. The van der Waals surface area contributed by atoms with Crippen LogP contribution in [0.5, 0.6) is 0 Å². The molecular formula is C20H24N6O2. The number of fused-ring (bicyclic) bond motifs is 1. The highest BCUT2D eigenvalue weighted by molar-refractivity contribution is 5.96. The minimum absolute atomic E-state index is 0.333. The van der Waals surface area contributed by atoms with Crippen molar-refractivity contribution in [3.63, 3.8) is 0 Å². The predicted octanol–water partition coefficient (Wildman–Crippen LogP) is 2.72. The van der Waals surface area contributed by atoms with Gasteiger partial charge in [0.15, 0.2) is 11.2 Å². The molecule has 0 spiro atoms. The summed E-state index contributed by atoms with van der Waals surface area (Å²) in [6, 6.07) is 9.93. The summed E-state index contributed by atoms with van der Waals surface area (Å²) in [5.41, 5.74) is 4.53. The first-order valence-corrected chi connectivity index (χ1v) is 9.24. The van der Waals surface area contributed by atoms with Crippen LogP contribution in [-0.2, 0) is 13.6 Å². The van der Waals surface area contributed by atoms with E-state index in [1.165, 1.54) is 4.57 Å². The third kappa shape index (κ3) is 4.11. The van der Waals surface area contributed by atoms with E-state index in [0.29, 0.717) is 23.7 Å². The number of anilines is 1. The molecule has 0 aliphatic rings. The first kappa shape index (κ1) is 19.3. The maximum Gasteiger partial charge on any atom is 0.329 e. The van der Waals surface area contributed by atoms with Gasteiger partial charge in [0.05, 0.1) is 5.71 Å². The molecule has 2 N–H and O–H groups in total. The number of unbranched alkanes of at least 4 members (excludes halogenated alkanes) is 1. The summed E-state index contributed by atoms with van der Waals surface area (Å²) in [6.45, 7) is 4.54.